The fourth-order valence-corrected chi connectivity index (χ4v) is 3.25. The first kappa shape index (κ1) is 18.3. The number of nitrogens with one attached hydrogen (secondary N) is 1. The van der Waals surface area contributed by atoms with E-state index in [1.54, 1.807) is 36.4 Å². The lowest BCUT2D eigenvalue weighted by Crippen LogP contribution is -2.36. The Morgan fingerprint density at radius 3 is 2.48 bits per heavy atom. The predicted octanol–water partition coefficient (Wildman–Crippen LogP) is 3.27. The van der Waals surface area contributed by atoms with Crippen molar-refractivity contribution in [3.8, 4) is 0 Å². The highest BCUT2D eigenvalue weighted by molar-refractivity contribution is 8.18. The fraction of sp³-hybridized carbons (Fsp3) is 0.0556. The Hall–Kier alpha value is -3.46. The smallest absolute Gasteiger partial charge is 0.294 e. The summed E-state index contributed by atoms with van der Waals surface area (Å²) in [4.78, 5) is 48.0. The van der Waals surface area contributed by atoms with Gasteiger partial charge in [0.25, 0.3) is 16.8 Å². The number of imide groups is 1. The van der Waals surface area contributed by atoms with Gasteiger partial charge in [-0.25, -0.2) is 0 Å². The van der Waals surface area contributed by atoms with Crippen LogP contribution < -0.4 is 5.32 Å². The van der Waals surface area contributed by atoms with Crippen LogP contribution in [-0.2, 0) is 9.59 Å². The van der Waals surface area contributed by atoms with Gasteiger partial charge in [-0.2, -0.15) is 0 Å². The molecule has 136 valence electrons. The molecule has 0 aromatic heterocycles. The van der Waals surface area contributed by atoms with Gasteiger partial charge in [0.2, 0.25) is 5.91 Å². The highest BCUT2D eigenvalue weighted by Crippen LogP contribution is 2.33. The standard InChI is InChI=1S/C18H13N3O5S/c22-16(19-13-7-2-1-3-8-13)11-20-17(23)15(27-18(20)24)10-12-6-4-5-9-14(12)21(25)26/h1-10H,11H2,(H,19,22)/b15-10-. The summed E-state index contributed by atoms with van der Waals surface area (Å²) >= 11 is 0.641. The number of carbonyl (C=O) groups excluding carboxylic acids is 3. The Balaban J connectivity index is 1.75. The van der Waals surface area contributed by atoms with E-state index in [0.717, 1.165) is 4.90 Å². The molecule has 27 heavy (non-hydrogen) atoms. The third kappa shape index (κ3) is 4.21. The summed E-state index contributed by atoms with van der Waals surface area (Å²) in [7, 11) is 0. The molecule has 0 bridgehead atoms. The maximum absolute atomic E-state index is 12.5. The minimum Gasteiger partial charge on any atom is -0.325 e. The molecule has 3 amide bonds. The summed E-state index contributed by atoms with van der Waals surface area (Å²) < 4.78 is 0. The van der Waals surface area contributed by atoms with Crippen molar-refractivity contribution in [1.82, 2.24) is 4.90 Å². The van der Waals surface area contributed by atoms with Crippen molar-refractivity contribution in [3.05, 3.63) is 75.2 Å². The first-order chi connectivity index (χ1) is 13.0. The summed E-state index contributed by atoms with van der Waals surface area (Å²) in [6, 6.07) is 14.5. The number of amides is 3. The van der Waals surface area contributed by atoms with E-state index in [9.17, 15) is 24.5 Å². The van der Waals surface area contributed by atoms with Crippen LogP contribution in [-0.4, -0.2) is 33.4 Å². The molecular weight excluding hydrogens is 370 g/mol. The molecule has 1 fully saturated rings. The Labute approximate surface area is 158 Å². The van der Waals surface area contributed by atoms with Crippen LogP contribution in [0.3, 0.4) is 0 Å². The number of carbonyl (C=O) groups is 3. The lowest BCUT2D eigenvalue weighted by molar-refractivity contribution is -0.385. The van der Waals surface area contributed by atoms with Crippen molar-refractivity contribution in [3.63, 3.8) is 0 Å². The van der Waals surface area contributed by atoms with Gasteiger partial charge in [0.1, 0.15) is 6.54 Å². The molecule has 0 spiro atoms. The highest BCUT2D eigenvalue weighted by Gasteiger charge is 2.36. The zero-order chi connectivity index (χ0) is 19.4. The Morgan fingerprint density at radius 2 is 1.78 bits per heavy atom. The minimum atomic E-state index is -0.661. The van der Waals surface area contributed by atoms with Crippen LogP contribution in [0.15, 0.2) is 59.5 Å². The van der Waals surface area contributed by atoms with Crippen LogP contribution >= 0.6 is 11.8 Å². The maximum atomic E-state index is 12.5. The number of hydrogen-bond donors (Lipinski definition) is 1. The Kier molecular flexibility index (Phi) is 5.32. The Bertz CT molecular complexity index is 958. The highest BCUT2D eigenvalue weighted by atomic mass is 32.2. The third-order valence-corrected chi connectivity index (χ3v) is 4.56. The van der Waals surface area contributed by atoms with Gasteiger partial charge in [0.15, 0.2) is 0 Å². The van der Waals surface area contributed by atoms with E-state index in [1.165, 1.54) is 24.3 Å². The second-order valence-corrected chi connectivity index (χ2v) is 6.49. The summed E-state index contributed by atoms with van der Waals surface area (Å²) in [6.45, 7) is -0.437. The maximum Gasteiger partial charge on any atom is 0.294 e. The normalized spacial score (nSPS) is 15.3. The average Bonchev–Trinajstić information content (AvgIpc) is 2.90. The molecule has 1 aliphatic heterocycles. The molecule has 0 aliphatic carbocycles. The van der Waals surface area contributed by atoms with Crippen molar-refractivity contribution in [2.75, 3.05) is 11.9 Å². The van der Waals surface area contributed by atoms with E-state index < -0.39 is 28.5 Å². The van der Waals surface area contributed by atoms with Crippen molar-refractivity contribution in [2.24, 2.45) is 0 Å². The van der Waals surface area contributed by atoms with Gasteiger partial charge in [0.05, 0.1) is 15.4 Å². The first-order valence-corrected chi connectivity index (χ1v) is 8.61. The van der Waals surface area contributed by atoms with Gasteiger partial charge in [0, 0.05) is 11.8 Å². The SMILES string of the molecule is O=C(CN1C(=O)S/C(=C\c2ccccc2[N+](=O)[O-])C1=O)Nc1ccccc1. The molecule has 1 saturated heterocycles. The van der Waals surface area contributed by atoms with E-state index in [2.05, 4.69) is 5.32 Å². The molecular formula is C18H13N3O5S. The number of rotatable bonds is 5. The van der Waals surface area contributed by atoms with E-state index in [0.29, 0.717) is 17.4 Å². The summed E-state index contributed by atoms with van der Waals surface area (Å²) in [5.74, 6) is -1.18. The molecule has 3 rings (SSSR count). The molecule has 0 saturated carbocycles. The Morgan fingerprint density at radius 1 is 1.11 bits per heavy atom. The molecule has 9 heteroatoms. The zero-order valence-electron chi connectivity index (χ0n) is 13.8. The molecule has 0 atom stereocenters. The van der Waals surface area contributed by atoms with Crippen LogP contribution in [0.2, 0.25) is 0 Å². The van der Waals surface area contributed by atoms with Crippen molar-refractivity contribution in [2.45, 2.75) is 0 Å². The largest absolute Gasteiger partial charge is 0.325 e. The monoisotopic (exact) mass is 383 g/mol. The van der Waals surface area contributed by atoms with E-state index >= 15 is 0 Å². The van der Waals surface area contributed by atoms with Gasteiger partial charge in [-0.3, -0.25) is 29.4 Å². The quantitative estimate of drug-likeness (QED) is 0.482. The van der Waals surface area contributed by atoms with Gasteiger partial charge in [-0.15, -0.1) is 0 Å². The fourth-order valence-electron chi connectivity index (χ4n) is 2.42. The van der Waals surface area contributed by atoms with E-state index in [1.807, 2.05) is 0 Å². The summed E-state index contributed by atoms with van der Waals surface area (Å²) in [5, 5.41) is 13.1. The molecule has 0 radical (unpaired) electrons. The van der Waals surface area contributed by atoms with E-state index in [-0.39, 0.29) is 16.2 Å². The number of thioether (sulfide) groups is 1. The second kappa shape index (κ2) is 7.83. The minimum absolute atomic E-state index is 0.0295. The molecule has 2 aromatic rings. The lowest BCUT2D eigenvalue weighted by atomic mass is 10.1. The van der Waals surface area contributed by atoms with Crippen LogP contribution in [0.25, 0.3) is 6.08 Å². The van der Waals surface area contributed by atoms with E-state index in [4.69, 9.17) is 0 Å². The number of nitro benzene ring substituents is 1. The predicted molar refractivity (Wildman–Crippen MR) is 101 cm³/mol. The number of para-hydroxylation sites is 2. The zero-order valence-corrected chi connectivity index (χ0v) is 14.6. The van der Waals surface area contributed by atoms with Crippen molar-refractivity contribution >= 4 is 46.3 Å². The van der Waals surface area contributed by atoms with Gasteiger partial charge < -0.3 is 5.32 Å². The van der Waals surface area contributed by atoms with Crippen molar-refractivity contribution < 1.29 is 19.3 Å². The van der Waals surface area contributed by atoms with Crippen molar-refractivity contribution in [1.29, 1.82) is 0 Å². The number of hydrogen-bond acceptors (Lipinski definition) is 6. The topological polar surface area (TPSA) is 110 Å². The van der Waals surface area contributed by atoms with Gasteiger partial charge in [-0.05, 0) is 36.0 Å². The van der Waals surface area contributed by atoms with Gasteiger partial charge >= 0.3 is 0 Å². The number of benzene rings is 2. The molecule has 1 heterocycles. The van der Waals surface area contributed by atoms with Crippen LogP contribution in [0.4, 0.5) is 16.2 Å². The summed E-state index contributed by atoms with van der Waals surface area (Å²) in [6.07, 6.45) is 1.29. The number of nitrogens with zero attached hydrogens (tertiary/aromatic N) is 2. The van der Waals surface area contributed by atoms with Crippen LogP contribution in [0, 0.1) is 10.1 Å². The molecule has 8 nitrogen and oxygen atoms in total. The molecule has 1 N–H and O–H groups in total. The van der Waals surface area contributed by atoms with Crippen LogP contribution in [0.5, 0.6) is 0 Å². The van der Waals surface area contributed by atoms with Crippen LogP contribution in [0.1, 0.15) is 5.56 Å². The number of nitro groups is 1. The first-order valence-electron chi connectivity index (χ1n) is 7.79. The number of anilines is 1. The molecule has 2 aromatic carbocycles. The summed E-state index contributed by atoms with van der Waals surface area (Å²) in [5.41, 5.74) is 0.581. The third-order valence-electron chi connectivity index (χ3n) is 3.65. The lowest BCUT2D eigenvalue weighted by Gasteiger charge is -2.12. The molecule has 1 aliphatic rings. The molecule has 0 unspecified atom stereocenters. The average molecular weight is 383 g/mol. The van der Waals surface area contributed by atoms with Gasteiger partial charge in [-0.1, -0.05) is 30.3 Å². The second-order valence-electron chi connectivity index (χ2n) is 5.50.